The Morgan fingerprint density at radius 3 is 1.80 bits per heavy atom. The van der Waals surface area contributed by atoms with Gasteiger partial charge in [0.05, 0.1) is 5.70 Å². The maximum atomic E-state index is 6.05. The fourth-order valence-electron chi connectivity index (χ4n) is 5.54. The fourth-order valence-corrected chi connectivity index (χ4v) is 5.54. The second-order valence-electron chi connectivity index (χ2n) is 11.0. The molecule has 0 fully saturated rings. The highest BCUT2D eigenvalue weighted by molar-refractivity contribution is 6.20. The second-order valence-corrected chi connectivity index (χ2v) is 11.0. The van der Waals surface area contributed by atoms with E-state index in [2.05, 4.69) is 42.2 Å². The van der Waals surface area contributed by atoms with Gasteiger partial charge in [-0.1, -0.05) is 144 Å². The Morgan fingerprint density at radius 2 is 1.20 bits per heavy atom. The highest BCUT2D eigenvalue weighted by atomic mass is 15.2. The molecular weight excluding hydrogens is 615 g/mol. The van der Waals surface area contributed by atoms with E-state index in [1.165, 1.54) is 0 Å². The number of benzene rings is 4. The molecule has 6 rings (SSSR count). The fraction of sp³-hybridized carbons (Fsp3) is 0.186. The first-order valence-corrected chi connectivity index (χ1v) is 16.9. The summed E-state index contributed by atoms with van der Waals surface area (Å²) >= 11 is 0. The Kier molecular flexibility index (Phi) is 13.9. The molecule has 2 aliphatic heterocycles. The molecule has 0 saturated heterocycles. The minimum atomic E-state index is 0.533. The van der Waals surface area contributed by atoms with Gasteiger partial charge in [-0.3, -0.25) is 4.99 Å². The summed E-state index contributed by atoms with van der Waals surface area (Å²) in [6.07, 6.45) is 0. The van der Waals surface area contributed by atoms with Gasteiger partial charge >= 0.3 is 0 Å². The molecule has 4 aromatic rings. The molecule has 50 heavy (non-hydrogen) atoms. The van der Waals surface area contributed by atoms with Gasteiger partial charge in [-0.25, -0.2) is 9.98 Å². The number of nitrogens with two attached hydrogens (primary N) is 2. The first-order chi connectivity index (χ1) is 24.1. The van der Waals surface area contributed by atoms with Gasteiger partial charge in [0.25, 0.3) is 0 Å². The van der Waals surface area contributed by atoms with E-state index in [-0.39, 0.29) is 0 Å². The van der Waals surface area contributed by atoms with E-state index < -0.39 is 0 Å². The van der Waals surface area contributed by atoms with Crippen LogP contribution in [0, 0.1) is 0 Å². The van der Waals surface area contributed by atoms with Crippen LogP contribution in [0.2, 0.25) is 0 Å². The molecule has 4 aromatic carbocycles. The first-order valence-electron chi connectivity index (χ1n) is 16.9. The molecule has 7 heteroatoms. The zero-order chi connectivity index (χ0) is 37.0. The summed E-state index contributed by atoms with van der Waals surface area (Å²) in [6, 6.07) is 32.0. The quantitative estimate of drug-likeness (QED) is 0.199. The highest BCUT2D eigenvalue weighted by Gasteiger charge is 2.28. The van der Waals surface area contributed by atoms with Crippen molar-refractivity contribution in [2.45, 2.75) is 41.5 Å². The monoisotopic (exact) mass is 665 g/mol. The second kappa shape index (κ2) is 18.0. The smallest absolute Gasteiger partial charge is 0.162 e. The highest BCUT2D eigenvalue weighted by Crippen LogP contribution is 2.33. The minimum absolute atomic E-state index is 0.533. The molecule has 0 radical (unpaired) electrons. The van der Waals surface area contributed by atoms with E-state index in [0.717, 1.165) is 72.5 Å². The van der Waals surface area contributed by atoms with Gasteiger partial charge in [0, 0.05) is 80.7 Å². The van der Waals surface area contributed by atoms with Crippen molar-refractivity contribution in [1.29, 1.82) is 0 Å². The standard InChI is InChI=1S/C20H24N4.C19H15N3.2C2H6/c1-13(21)16-9-5-6-10-17(16)14(2)24-15(3)18-11-7-8-12-19(18)20(22)23-4;1-12-14-8-4-6-10-16(14)18(20-12)21-19-17-11-7-5-9-15(17)13(2)22(19)3;2*1-2/h5-12,23H,1,21-22H2,2-4H3;4-11H,1-2H2,3H3;2*1-2H3/b18-15+,20-19-,24-14?;;;. The van der Waals surface area contributed by atoms with E-state index in [1.807, 2.05) is 138 Å². The number of amidine groups is 2. The van der Waals surface area contributed by atoms with E-state index >= 15 is 0 Å². The summed E-state index contributed by atoms with van der Waals surface area (Å²) in [7, 11) is 3.79. The number of hydrogen-bond donors (Lipinski definition) is 3. The van der Waals surface area contributed by atoms with E-state index in [4.69, 9.17) is 21.5 Å². The van der Waals surface area contributed by atoms with Crippen LogP contribution in [0.15, 0.2) is 132 Å². The number of nitrogens with zero attached hydrogens (tertiary/aromatic N) is 4. The van der Waals surface area contributed by atoms with Gasteiger partial charge in [0.1, 0.15) is 11.7 Å². The van der Waals surface area contributed by atoms with Crippen LogP contribution in [0.3, 0.4) is 0 Å². The van der Waals surface area contributed by atoms with Crippen molar-refractivity contribution >= 4 is 46.0 Å². The van der Waals surface area contributed by atoms with Crippen molar-refractivity contribution in [3.63, 3.8) is 0 Å². The predicted molar refractivity (Wildman–Crippen MR) is 218 cm³/mol. The van der Waals surface area contributed by atoms with Crippen molar-refractivity contribution in [1.82, 2.24) is 10.2 Å². The van der Waals surface area contributed by atoms with Crippen LogP contribution in [0.5, 0.6) is 0 Å². The van der Waals surface area contributed by atoms with E-state index in [1.54, 1.807) is 7.05 Å². The molecule has 5 N–H and O–H groups in total. The molecule has 0 saturated carbocycles. The van der Waals surface area contributed by atoms with Crippen LogP contribution in [-0.4, -0.2) is 36.4 Å². The van der Waals surface area contributed by atoms with Crippen LogP contribution >= 0.6 is 0 Å². The molecule has 0 bridgehead atoms. The molecule has 0 spiro atoms. The predicted octanol–water partition coefficient (Wildman–Crippen LogP) is 7.33. The number of nitrogens with one attached hydrogen (secondary N) is 1. The molecule has 0 unspecified atom stereocenters. The maximum Gasteiger partial charge on any atom is 0.162 e. The average molecular weight is 666 g/mol. The summed E-state index contributed by atoms with van der Waals surface area (Å²) in [5, 5.41) is 4.92. The van der Waals surface area contributed by atoms with Crippen LogP contribution in [-0.2, 0) is 0 Å². The Hall–Kier alpha value is -5.95. The van der Waals surface area contributed by atoms with Gasteiger partial charge < -0.3 is 21.7 Å². The van der Waals surface area contributed by atoms with Crippen LogP contribution in [0.4, 0.5) is 0 Å². The molecule has 7 nitrogen and oxygen atoms in total. The Labute approximate surface area is 298 Å². The topological polar surface area (TPSA) is 104 Å². The third-order valence-corrected chi connectivity index (χ3v) is 8.01. The van der Waals surface area contributed by atoms with Crippen LogP contribution in [0.25, 0.3) is 28.6 Å². The third-order valence-electron chi connectivity index (χ3n) is 8.01. The van der Waals surface area contributed by atoms with Crippen molar-refractivity contribution in [3.05, 3.63) is 161 Å². The van der Waals surface area contributed by atoms with Gasteiger partial charge in [0.15, 0.2) is 5.84 Å². The largest absolute Gasteiger partial charge is 0.399 e. The Balaban J connectivity index is 0.000000246. The average Bonchev–Trinajstić information content (AvgIpc) is 3.61. The Bertz CT molecular complexity index is 2100. The molecule has 2 heterocycles. The molecule has 0 amide bonds. The van der Waals surface area contributed by atoms with E-state index in [0.29, 0.717) is 17.4 Å². The minimum Gasteiger partial charge on any atom is -0.399 e. The molecule has 0 aromatic heterocycles. The summed E-state index contributed by atoms with van der Waals surface area (Å²) in [6.45, 7) is 23.9. The van der Waals surface area contributed by atoms with Gasteiger partial charge in [-0.15, -0.1) is 0 Å². The SMILES string of the molecule is C=C(N)c1ccccc1C(C)=N/C(C)=c1\cccc\c1=C(/N)NC.C=C1N=C(N=C2c3ccccc3C(=C)N2C)c2ccccc21.CC.CC. The third kappa shape index (κ3) is 8.36. The lowest BCUT2D eigenvalue weighted by Gasteiger charge is -2.13. The van der Waals surface area contributed by atoms with Gasteiger partial charge in [-0.2, -0.15) is 0 Å². The number of aliphatic imine (C=N–C) groups is 3. The lowest BCUT2D eigenvalue weighted by atomic mass is 10.0. The van der Waals surface area contributed by atoms with Crippen molar-refractivity contribution in [3.8, 4) is 0 Å². The zero-order valence-corrected chi connectivity index (χ0v) is 30.8. The van der Waals surface area contributed by atoms with Crippen LogP contribution in [0.1, 0.15) is 74.9 Å². The number of fused-ring (bicyclic) bond motifs is 2. The Morgan fingerprint density at radius 1 is 0.700 bits per heavy atom. The molecule has 0 atom stereocenters. The summed E-state index contributed by atoms with van der Waals surface area (Å²) < 4.78 is 0. The summed E-state index contributed by atoms with van der Waals surface area (Å²) in [5.74, 6) is 2.21. The summed E-state index contributed by atoms with van der Waals surface area (Å²) in [4.78, 5) is 16.1. The molecule has 258 valence electrons. The first kappa shape index (κ1) is 38.5. The van der Waals surface area contributed by atoms with Gasteiger partial charge in [0.2, 0.25) is 0 Å². The maximum absolute atomic E-state index is 6.05. The number of hydrogen-bond acceptors (Lipinski definition) is 6. The number of rotatable bonds is 4. The zero-order valence-electron chi connectivity index (χ0n) is 30.8. The molecule has 2 aliphatic rings. The molecule has 0 aliphatic carbocycles. The lowest BCUT2D eigenvalue weighted by Crippen LogP contribution is -2.35. The normalized spacial score (nSPS) is 14.8. The van der Waals surface area contributed by atoms with Crippen molar-refractivity contribution in [2.75, 3.05) is 14.1 Å². The lowest BCUT2D eigenvalue weighted by molar-refractivity contribution is 0.741. The van der Waals surface area contributed by atoms with Crippen molar-refractivity contribution in [2.24, 2.45) is 26.4 Å². The molecular formula is C43H51N7. The van der Waals surface area contributed by atoms with Crippen molar-refractivity contribution < 1.29 is 0 Å². The van der Waals surface area contributed by atoms with Gasteiger partial charge in [-0.05, 0) is 13.8 Å². The van der Waals surface area contributed by atoms with E-state index in [9.17, 15) is 0 Å². The summed E-state index contributed by atoms with van der Waals surface area (Å²) in [5.41, 5.74) is 22.1. The van der Waals surface area contributed by atoms with Crippen LogP contribution < -0.4 is 27.2 Å².